The Morgan fingerprint density at radius 2 is 1.18 bits per heavy atom. The van der Waals surface area contributed by atoms with E-state index in [1.54, 1.807) is 0 Å². The molecular weight excluding hydrogens is 267 g/mol. The third-order valence-electron chi connectivity index (χ3n) is 2.09. The normalized spacial score (nSPS) is 12.2. The molecule has 0 heterocycles. The van der Waals surface area contributed by atoms with Crippen LogP contribution in [0.25, 0.3) is 0 Å². The molecule has 0 radical (unpaired) electrons. The van der Waals surface area contributed by atoms with Crippen LogP contribution in [0.5, 0.6) is 0 Å². The van der Waals surface area contributed by atoms with Crippen molar-refractivity contribution < 1.29 is 22.0 Å². The van der Waals surface area contributed by atoms with Crippen molar-refractivity contribution in [2.24, 2.45) is 11.5 Å². The fraction of sp³-hybridized carbons (Fsp3) is 0.333. The highest BCUT2D eigenvalue weighted by Crippen LogP contribution is 2.27. The molecule has 8 heteroatoms. The first-order valence-corrected chi connectivity index (χ1v) is 4.38. The minimum absolute atomic E-state index is 0. The van der Waals surface area contributed by atoms with Crippen molar-refractivity contribution in [1.29, 1.82) is 0 Å². The van der Waals surface area contributed by atoms with Crippen LogP contribution in [-0.4, -0.2) is 6.54 Å². The molecule has 2 nitrogen and oxygen atoms in total. The van der Waals surface area contributed by atoms with Gasteiger partial charge in [-0.2, -0.15) is 0 Å². The van der Waals surface area contributed by atoms with E-state index in [4.69, 9.17) is 11.5 Å². The van der Waals surface area contributed by atoms with Gasteiger partial charge in [0.1, 0.15) is 0 Å². The van der Waals surface area contributed by atoms with E-state index in [0.717, 1.165) is 0 Å². The van der Waals surface area contributed by atoms with Crippen molar-refractivity contribution in [3.05, 3.63) is 34.6 Å². The molecule has 0 unspecified atom stereocenters. The van der Waals surface area contributed by atoms with Crippen LogP contribution < -0.4 is 11.5 Å². The van der Waals surface area contributed by atoms with E-state index in [0.29, 0.717) is 0 Å². The lowest BCUT2D eigenvalue weighted by Crippen LogP contribution is -2.20. The van der Waals surface area contributed by atoms with Gasteiger partial charge >= 0.3 is 0 Å². The van der Waals surface area contributed by atoms with Gasteiger partial charge in [-0.1, -0.05) is 0 Å². The summed E-state index contributed by atoms with van der Waals surface area (Å²) < 4.78 is 64.4. The SMILES string of the molecule is Cl.NCC[C@@H](N)c1c(F)c(F)c(F)c(F)c1F. The minimum atomic E-state index is -2.20. The third kappa shape index (κ3) is 2.85. The van der Waals surface area contributed by atoms with Crippen LogP contribution in [-0.2, 0) is 0 Å². The molecule has 0 spiro atoms. The average Bonchev–Trinajstić information content (AvgIpc) is 2.24. The monoisotopic (exact) mass is 276 g/mol. The van der Waals surface area contributed by atoms with E-state index in [-0.39, 0.29) is 25.4 Å². The molecule has 1 atom stereocenters. The zero-order valence-electron chi connectivity index (χ0n) is 8.44. The van der Waals surface area contributed by atoms with Crippen LogP contribution in [0.15, 0.2) is 0 Å². The van der Waals surface area contributed by atoms with E-state index in [2.05, 4.69) is 0 Å². The summed E-state index contributed by atoms with van der Waals surface area (Å²) in [7, 11) is 0. The highest BCUT2D eigenvalue weighted by Gasteiger charge is 2.28. The number of nitrogens with two attached hydrogens (primary N) is 2. The lowest BCUT2D eigenvalue weighted by atomic mass is 10.0. The van der Waals surface area contributed by atoms with Gasteiger partial charge in [-0.15, -0.1) is 12.4 Å². The molecule has 1 rings (SSSR count). The Kier molecular flexibility index (Phi) is 5.80. The minimum Gasteiger partial charge on any atom is -0.330 e. The second kappa shape index (κ2) is 6.13. The maximum Gasteiger partial charge on any atom is 0.200 e. The predicted molar refractivity (Wildman–Crippen MR) is 54.1 cm³/mol. The molecule has 1 aromatic carbocycles. The third-order valence-corrected chi connectivity index (χ3v) is 2.09. The Balaban J connectivity index is 0.00000256. The number of benzene rings is 1. The van der Waals surface area contributed by atoms with Crippen LogP contribution in [0.2, 0.25) is 0 Å². The van der Waals surface area contributed by atoms with Crippen molar-refractivity contribution >= 4 is 12.4 Å². The smallest absolute Gasteiger partial charge is 0.200 e. The number of hydrogen-bond donors (Lipinski definition) is 2. The molecule has 1 aromatic rings. The summed E-state index contributed by atoms with van der Waals surface area (Å²) in [5.41, 5.74) is 9.34. The van der Waals surface area contributed by atoms with Gasteiger partial charge in [0, 0.05) is 11.6 Å². The Bertz CT molecular complexity index is 384. The predicted octanol–water partition coefficient (Wildman–Crippen LogP) is 2.15. The van der Waals surface area contributed by atoms with Crippen LogP contribution >= 0.6 is 12.4 Å². The molecule has 0 aliphatic heterocycles. The molecule has 0 aliphatic rings. The van der Waals surface area contributed by atoms with Crippen molar-refractivity contribution in [1.82, 2.24) is 0 Å². The van der Waals surface area contributed by atoms with E-state index >= 15 is 0 Å². The number of hydrogen-bond acceptors (Lipinski definition) is 2. The largest absolute Gasteiger partial charge is 0.330 e. The van der Waals surface area contributed by atoms with Gasteiger partial charge in [0.2, 0.25) is 5.82 Å². The van der Waals surface area contributed by atoms with E-state index in [1.807, 2.05) is 0 Å². The molecule has 98 valence electrons. The molecule has 0 bridgehead atoms. The Morgan fingerprint density at radius 1 is 0.824 bits per heavy atom. The van der Waals surface area contributed by atoms with Crippen molar-refractivity contribution in [3.63, 3.8) is 0 Å². The van der Waals surface area contributed by atoms with Crippen LogP contribution in [0.3, 0.4) is 0 Å². The van der Waals surface area contributed by atoms with Gasteiger partial charge in [0.15, 0.2) is 23.3 Å². The Hall–Kier alpha value is -0.920. The maximum atomic E-state index is 13.1. The molecule has 0 aromatic heterocycles. The molecule has 0 saturated heterocycles. The van der Waals surface area contributed by atoms with E-state index in [9.17, 15) is 22.0 Å². The lowest BCUT2D eigenvalue weighted by Gasteiger charge is -2.14. The number of rotatable bonds is 3. The molecule has 0 aliphatic carbocycles. The quantitative estimate of drug-likeness (QED) is 0.505. The first-order valence-electron chi connectivity index (χ1n) is 4.38. The molecule has 0 saturated carbocycles. The van der Waals surface area contributed by atoms with Crippen LogP contribution in [0.4, 0.5) is 22.0 Å². The van der Waals surface area contributed by atoms with Gasteiger partial charge in [-0.25, -0.2) is 22.0 Å². The van der Waals surface area contributed by atoms with Crippen LogP contribution in [0.1, 0.15) is 18.0 Å². The van der Waals surface area contributed by atoms with Crippen molar-refractivity contribution in [2.45, 2.75) is 12.5 Å². The zero-order valence-corrected chi connectivity index (χ0v) is 9.26. The molecular formula is C9H10ClF5N2. The van der Waals surface area contributed by atoms with Gasteiger partial charge < -0.3 is 11.5 Å². The number of halogens is 6. The fourth-order valence-corrected chi connectivity index (χ4v) is 1.27. The summed E-state index contributed by atoms with van der Waals surface area (Å²) in [6.07, 6.45) is -0.0850. The van der Waals surface area contributed by atoms with E-state index < -0.39 is 40.7 Å². The van der Waals surface area contributed by atoms with E-state index in [1.165, 1.54) is 0 Å². The molecule has 0 amide bonds. The summed E-state index contributed by atoms with van der Waals surface area (Å²) in [4.78, 5) is 0. The Labute approximate surface area is 100 Å². The first-order chi connectivity index (χ1) is 7.41. The first kappa shape index (κ1) is 16.1. The second-order valence-corrected chi connectivity index (χ2v) is 3.17. The average molecular weight is 277 g/mol. The standard InChI is InChI=1S/C9H9F5N2.ClH/c10-5-4(3(16)1-2-15)6(11)8(13)9(14)7(5)12;/h3H,1-2,15-16H2;1H/t3-;/m1./s1. The lowest BCUT2D eigenvalue weighted by molar-refractivity contribution is 0.362. The summed E-state index contributed by atoms with van der Waals surface area (Å²) in [6, 6.07) is -1.32. The molecule has 17 heavy (non-hydrogen) atoms. The fourth-order valence-electron chi connectivity index (χ4n) is 1.27. The summed E-state index contributed by atoms with van der Waals surface area (Å²) in [6.45, 7) is -0.0271. The summed E-state index contributed by atoms with van der Waals surface area (Å²) in [5.74, 6) is -10.0. The summed E-state index contributed by atoms with van der Waals surface area (Å²) >= 11 is 0. The summed E-state index contributed by atoms with van der Waals surface area (Å²) in [5, 5.41) is 0. The van der Waals surface area contributed by atoms with Gasteiger partial charge in [-0.05, 0) is 13.0 Å². The topological polar surface area (TPSA) is 52.0 Å². The maximum absolute atomic E-state index is 13.1. The van der Waals surface area contributed by atoms with Crippen molar-refractivity contribution in [2.75, 3.05) is 6.54 Å². The second-order valence-electron chi connectivity index (χ2n) is 3.17. The van der Waals surface area contributed by atoms with Gasteiger partial charge in [0.05, 0.1) is 0 Å². The van der Waals surface area contributed by atoms with Crippen molar-refractivity contribution in [3.8, 4) is 0 Å². The Morgan fingerprint density at radius 3 is 1.53 bits per heavy atom. The zero-order chi connectivity index (χ0) is 12.5. The van der Waals surface area contributed by atoms with Crippen LogP contribution in [0, 0.1) is 29.1 Å². The highest BCUT2D eigenvalue weighted by atomic mass is 35.5. The van der Waals surface area contributed by atoms with Gasteiger partial charge in [-0.3, -0.25) is 0 Å². The van der Waals surface area contributed by atoms with Gasteiger partial charge in [0.25, 0.3) is 0 Å². The molecule has 4 N–H and O–H groups in total. The molecule has 0 fully saturated rings. The highest BCUT2D eigenvalue weighted by molar-refractivity contribution is 5.85.